The van der Waals surface area contributed by atoms with Gasteiger partial charge in [-0.3, -0.25) is 14.3 Å². The first kappa shape index (κ1) is 16.9. The summed E-state index contributed by atoms with van der Waals surface area (Å²) < 4.78 is 34.5. The van der Waals surface area contributed by atoms with Gasteiger partial charge < -0.3 is 14.6 Å². The van der Waals surface area contributed by atoms with E-state index in [1.165, 1.54) is 18.2 Å². The van der Waals surface area contributed by atoms with E-state index in [9.17, 15) is 33.2 Å². The van der Waals surface area contributed by atoms with Gasteiger partial charge in [0, 0.05) is 29.8 Å². The second-order valence-electron chi connectivity index (χ2n) is 6.57. The monoisotopic (exact) mass is 382 g/mol. The average Bonchev–Trinajstić information content (AvgIpc) is 3.17. The predicted molar refractivity (Wildman–Crippen MR) is 80.0 cm³/mol. The third kappa shape index (κ3) is 2.23. The molecule has 0 radical (unpaired) electrons. The molecule has 26 heavy (non-hydrogen) atoms. The lowest BCUT2D eigenvalue weighted by Gasteiger charge is -2.31. The number of aliphatic carboxylic acids is 1. The van der Waals surface area contributed by atoms with Crippen LogP contribution in [-0.4, -0.2) is 42.7 Å². The Bertz CT molecular complexity index is 927. The minimum absolute atomic E-state index is 0.210. The first-order valence-electron chi connectivity index (χ1n) is 7.79. The van der Waals surface area contributed by atoms with Gasteiger partial charge in [-0.25, -0.2) is 4.79 Å². The number of ether oxygens (including phenoxy) is 1. The molecule has 2 bridgehead atoms. The molecule has 0 spiro atoms. The fourth-order valence-electron chi connectivity index (χ4n) is 4.45. The molecule has 6 unspecified atom stereocenters. The molecule has 2 aliphatic carbocycles. The highest BCUT2D eigenvalue weighted by Gasteiger charge is 2.70. The molecule has 0 N–H and O–H groups in total. The number of rotatable bonds is 4. The molecule has 3 fully saturated rings. The summed E-state index contributed by atoms with van der Waals surface area (Å²) in [5, 5.41) is 21.3. The number of nitrogens with zero attached hydrogens (tertiary/aromatic N) is 1. The molecule has 1 aromatic carbocycles. The van der Waals surface area contributed by atoms with Gasteiger partial charge in [-0.15, -0.1) is 0 Å². The summed E-state index contributed by atoms with van der Waals surface area (Å²) in [6.45, 7) is 0. The Balaban J connectivity index is 1.65. The lowest BCUT2D eigenvalue weighted by Crippen LogP contribution is -2.49. The van der Waals surface area contributed by atoms with Crippen LogP contribution in [0.5, 0.6) is 0 Å². The topological polar surface area (TPSA) is 153 Å². The zero-order valence-electron chi connectivity index (χ0n) is 13.0. The van der Waals surface area contributed by atoms with E-state index in [1.807, 2.05) is 0 Å². The maximum absolute atomic E-state index is 12.4. The highest BCUT2D eigenvalue weighted by Crippen LogP contribution is 2.58. The average molecular weight is 382 g/mol. The molecule has 2 saturated carbocycles. The van der Waals surface area contributed by atoms with E-state index in [0.29, 0.717) is 0 Å². The quantitative estimate of drug-likeness (QED) is 0.283. The molecule has 3 aliphatic rings. The van der Waals surface area contributed by atoms with Gasteiger partial charge in [-0.05, 0) is 12.5 Å². The van der Waals surface area contributed by atoms with Gasteiger partial charge in [-0.1, -0.05) is 12.1 Å². The van der Waals surface area contributed by atoms with Crippen LogP contribution in [0.25, 0.3) is 0 Å². The molecule has 4 rings (SSSR count). The SMILES string of the molecule is O=C(OC1C2CC3C1OS(=O)(=O)C3C2C(=O)[O-])c1ccccc1[N+](=O)[O-]. The number of carboxylic acid groups (broad SMARTS) is 1. The van der Waals surface area contributed by atoms with E-state index in [1.54, 1.807) is 0 Å². The van der Waals surface area contributed by atoms with Crippen LogP contribution >= 0.6 is 0 Å². The van der Waals surface area contributed by atoms with Crippen LogP contribution in [0, 0.1) is 27.9 Å². The van der Waals surface area contributed by atoms with Gasteiger partial charge in [0.2, 0.25) is 0 Å². The Morgan fingerprint density at radius 3 is 2.58 bits per heavy atom. The highest BCUT2D eigenvalue weighted by molar-refractivity contribution is 7.87. The van der Waals surface area contributed by atoms with E-state index in [-0.39, 0.29) is 12.0 Å². The van der Waals surface area contributed by atoms with Crippen LogP contribution in [0.4, 0.5) is 5.69 Å². The van der Waals surface area contributed by atoms with Crippen LogP contribution in [0.3, 0.4) is 0 Å². The minimum Gasteiger partial charge on any atom is -0.550 e. The molecule has 0 amide bonds. The van der Waals surface area contributed by atoms with Crippen molar-refractivity contribution in [2.45, 2.75) is 23.9 Å². The highest BCUT2D eigenvalue weighted by atomic mass is 32.2. The number of hydrogen-bond donors (Lipinski definition) is 0. The number of esters is 1. The summed E-state index contributed by atoms with van der Waals surface area (Å²) in [7, 11) is -4.10. The standard InChI is InChI=1S/C15H13NO9S/c17-14(18)10-7-5-8-12(25-26(22,23)13(8)10)11(7)24-15(19)6-3-1-2-4-9(6)16(20)21/h1-4,7-8,10-13H,5H2,(H,17,18)/p-1. The number of benzene rings is 1. The van der Waals surface area contributed by atoms with Crippen LogP contribution in [0.1, 0.15) is 16.8 Å². The van der Waals surface area contributed by atoms with Crippen LogP contribution in [0.2, 0.25) is 0 Å². The third-order valence-electron chi connectivity index (χ3n) is 5.36. The van der Waals surface area contributed by atoms with Gasteiger partial charge in [0.1, 0.15) is 23.0 Å². The number of nitro groups is 1. The van der Waals surface area contributed by atoms with Crippen molar-refractivity contribution in [1.29, 1.82) is 0 Å². The summed E-state index contributed by atoms with van der Waals surface area (Å²) in [5.74, 6) is -5.29. The van der Waals surface area contributed by atoms with E-state index >= 15 is 0 Å². The summed E-state index contributed by atoms with van der Waals surface area (Å²) in [6.07, 6.45) is -1.89. The molecular formula is C15H12NO9S-. The molecule has 6 atom stereocenters. The maximum atomic E-state index is 12.4. The summed E-state index contributed by atoms with van der Waals surface area (Å²) in [6, 6.07) is 5.14. The Morgan fingerprint density at radius 1 is 1.23 bits per heavy atom. The van der Waals surface area contributed by atoms with Gasteiger partial charge in [0.15, 0.2) is 0 Å². The number of carbonyl (C=O) groups is 2. The Kier molecular flexibility index (Phi) is 3.57. The normalized spacial score (nSPS) is 36.0. The molecule has 1 aromatic rings. The fraction of sp³-hybridized carbons (Fsp3) is 0.467. The lowest BCUT2D eigenvalue weighted by molar-refractivity contribution is -0.385. The van der Waals surface area contributed by atoms with Crippen LogP contribution < -0.4 is 5.11 Å². The smallest absolute Gasteiger partial charge is 0.345 e. The summed E-state index contributed by atoms with van der Waals surface area (Å²) in [4.78, 5) is 34.2. The van der Waals surface area contributed by atoms with Gasteiger partial charge in [-0.2, -0.15) is 8.42 Å². The number of carboxylic acids is 1. The molecule has 1 heterocycles. The van der Waals surface area contributed by atoms with Crippen LogP contribution in [-0.2, 0) is 23.8 Å². The van der Waals surface area contributed by atoms with Crippen LogP contribution in [0.15, 0.2) is 24.3 Å². The van der Waals surface area contributed by atoms with Crippen molar-refractivity contribution in [2.24, 2.45) is 17.8 Å². The molecule has 11 heteroatoms. The van der Waals surface area contributed by atoms with E-state index in [4.69, 9.17) is 8.92 Å². The zero-order chi connectivity index (χ0) is 18.8. The molecule has 1 aliphatic heterocycles. The second kappa shape index (κ2) is 5.48. The minimum atomic E-state index is -4.10. The number of carbonyl (C=O) groups excluding carboxylic acids is 2. The molecule has 1 saturated heterocycles. The van der Waals surface area contributed by atoms with E-state index in [0.717, 1.165) is 6.07 Å². The first-order chi connectivity index (χ1) is 12.2. The molecule has 10 nitrogen and oxygen atoms in total. The molecule has 0 aromatic heterocycles. The Morgan fingerprint density at radius 2 is 1.92 bits per heavy atom. The first-order valence-corrected chi connectivity index (χ1v) is 9.27. The van der Waals surface area contributed by atoms with Gasteiger partial charge in [0.05, 0.1) is 4.92 Å². The third-order valence-corrected chi connectivity index (χ3v) is 7.16. The zero-order valence-corrected chi connectivity index (χ0v) is 13.8. The molecular weight excluding hydrogens is 370 g/mol. The molecule has 138 valence electrons. The van der Waals surface area contributed by atoms with Crippen molar-refractivity contribution in [3.8, 4) is 0 Å². The second-order valence-corrected chi connectivity index (χ2v) is 8.29. The van der Waals surface area contributed by atoms with Crippen molar-refractivity contribution in [3.05, 3.63) is 39.9 Å². The summed E-state index contributed by atoms with van der Waals surface area (Å²) in [5.41, 5.74) is -0.766. The van der Waals surface area contributed by atoms with Crippen molar-refractivity contribution < 1.29 is 37.0 Å². The van der Waals surface area contributed by atoms with Crippen molar-refractivity contribution in [3.63, 3.8) is 0 Å². The van der Waals surface area contributed by atoms with Gasteiger partial charge in [0.25, 0.3) is 15.8 Å². The van der Waals surface area contributed by atoms with Crippen molar-refractivity contribution in [2.75, 3.05) is 0 Å². The number of fused-ring (bicyclic) bond motifs is 1. The Hall–Kier alpha value is -2.53. The summed E-state index contributed by atoms with van der Waals surface area (Å²) >= 11 is 0. The maximum Gasteiger partial charge on any atom is 0.345 e. The van der Waals surface area contributed by atoms with Gasteiger partial charge >= 0.3 is 5.97 Å². The van der Waals surface area contributed by atoms with Crippen molar-refractivity contribution in [1.82, 2.24) is 0 Å². The van der Waals surface area contributed by atoms with Crippen molar-refractivity contribution >= 4 is 27.7 Å². The Labute approximate surface area is 147 Å². The largest absolute Gasteiger partial charge is 0.550 e. The number of para-hydroxylation sites is 1. The number of hydrogen-bond acceptors (Lipinski definition) is 9. The number of nitro benzene ring substituents is 1. The lowest BCUT2D eigenvalue weighted by atomic mass is 9.84. The fourth-order valence-corrected chi connectivity index (χ4v) is 6.50. The predicted octanol–water partition coefficient (Wildman–Crippen LogP) is -0.767. The van der Waals surface area contributed by atoms with E-state index in [2.05, 4.69) is 0 Å². The van der Waals surface area contributed by atoms with E-state index < -0.39 is 67.9 Å².